The molecule has 0 N–H and O–H groups in total. The second-order valence-corrected chi connectivity index (χ2v) is 6.67. The van der Waals surface area contributed by atoms with Crippen molar-refractivity contribution in [3.05, 3.63) is 23.8 Å². The van der Waals surface area contributed by atoms with Gasteiger partial charge in [0.1, 0.15) is 0 Å². The molecule has 25 heavy (non-hydrogen) atoms. The Bertz CT molecular complexity index is 701. The van der Waals surface area contributed by atoms with Crippen LogP contribution in [0.25, 0.3) is 11.7 Å². The predicted octanol–water partition coefficient (Wildman–Crippen LogP) is 2.55. The number of hydrogen-bond donors (Lipinski definition) is 0. The van der Waals surface area contributed by atoms with Crippen molar-refractivity contribution in [1.29, 1.82) is 0 Å². The molecule has 8 heteroatoms. The molecule has 1 saturated heterocycles. The number of furan rings is 1. The minimum absolute atomic E-state index is 0.235. The van der Waals surface area contributed by atoms with Crippen molar-refractivity contribution in [2.24, 2.45) is 5.92 Å². The van der Waals surface area contributed by atoms with Crippen molar-refractivity contribution in [2.75, 3.05) is 32.8 Å². The lowest BCUT2D eigenvalue weighted by Crippen LogP contribution is -2.48. The van der Waals surface area contributed by atoms with Crippen LogP contribution in [0.4, 0.5) is 4.79 Å². The van der Waals surface area contributed by atoms with Crippen LogP contribution in [0.3, 0.4) is 0 Å². The first kappa shape index (κ1) is 17.5. The molecular weight excluding hydrogens is 324 g/mol. The maximum Gasteiger partial charge on any atom is 0.409 e. The lowest BCUT2D eigenvalue weighted by atomic mass is 10.2. The summed E-state index contributed by atoms with van der Waals surface area (Å²) in [6.45, 7) is 9.74. The highest BCUT2D eigenvalue weighted by Crippen LogP contribution is 2.23. The van der Waals surface area contributed by atoms with Gasteiger partial charge in [-0.25, -0.2) is 4.79 Å². The molecule has 1 fully saturated rings. The molecule has 0 aliphatic carbocycles. The van der Waals surface area contributed by atoms with Gasteiger partial charge in [0.25, 0.3) is 5.89 Å². The molecule has 0 aromatic carbocycles. The first-order chi connectivity index (χ1) is 12.0. The first-order valence-electron chi connectivity index (χ1n) is 8.54. The third-order valence-electron chi connectivity index (χ3n) is 4.05. The smallest absolute Gasteiger partial charge is 0.409 e. The van der Waals surface area contributed by atoms with Crippen LogP contribution in [-0.4, -0.2) is 58.9 Å². The Kier molecular flexibility index (Phi) is 5.37. The Balaban J connectivity index is 1.49. The highest BCUT2D eigenvalue weighted by molar-refractivity contribution is 5.67. The molecule has 0 unspecified atom stereocenters. The van der Waals surface area contributed by atoms with Gasteiger partial charge in [0.2, 0.25) is 5.89 Å². The third-order valence-corrected chi connectivity index (χ3v) is 4.05. The second-order valence-electron chi connectivity index (χ2n) is 6.67. The summed E-state index contributed by atoms with van der Waals surface area (Å²) in [5.74, 6) is 1.89. The number of aryl methyl sites for hydroxylation is 1. The first-order valence-corrected chi connectivity index (χ1v) is 8.54. The number of aromatic nitrogens is 2. The topological polar surface area (TPSA) is 84.8 Å². The van der Waals surface area contributed by atoms with E-state index in [1.165, 1.54) is 0 Å². The summed E-state index contributed by atoms with van der Waals surface area (Å²) in [5, 5.41) is 8.13. The van der Waals surface area contributed by atoms with Gasteiger partial charge in [-0.2, -0.15) is 0 Å². The van der Waals surface area contributed by atoms with Gasteiger partial charge in [-0.05, 0) is 18.9 Å². The predicted molar refractivity (Wildman–Crippen MR) is 89.8 cm³/mol. The summed E-state index contributed by atoms with van der Waals surface area (Å²) in [6, 6.07) is 1.86. The van der Waals surface area contributed by atoms with Gasteiger partial charge >= 0.3 is 6.09 Å². The molecule has 3 rings (SSSR count). The van der Waals surface area contributed by atoms with Crippen molar-refractivity contribution >= 4 is 6.09 Å². The number of rotatable bonds is 5. The van der Waals surface area contributed by atoms with E-state index < -0.39 is 0 Å². The van der Waals surface area contributed by atoms with Crippen molar-refractivity contribution in [3.63, 3.8) is 0 Å². The second kappa shape index (κ2) is 7.69. The largest absolute Gasteiger partial charge is 0.459 e. The van der Waals surface area contributed by atoms with Crippen molar-refractivity contribution < 1.29 is 18.4 Å². The van der Waals surface area contributed by atoms with Gasteiger partial charge in [0.05, 0.1) is 19.4 Å². The minimum atomic E-state index is -0.235. The summed E-state index contributed by atoms with van der Waals surface area (Å²) in [5.41, 5.74) is 0.962. The number of nitrogens with zero attached hydrogens (tertiary/aromatic N) is 4. The molecule has 2 aromatic rings. The fourth-order valence-electron chi connectivity index (χ4n) is 2.61. The van der Waals surface area contributed by atoms with E-state index in [1.807, 2.05) is 26.8 Å². The van der Waals surface area contributed by atoms with Crippen LogP contribution in [0, 0.1) is 12.8 Å². The van der Waals surface area contributed by atoms with E-state index in [2.05, 4.69) is 15.1 Å². The van der Waals surface area contributed by atoms with Gasteiger partial charge in [-0.3, -0.25) is 4.90 Å². The Labute approximate surface area is 146 Å². The maximum atomic E-state index is 12.0. The Morgan fingerprint density at radius 1 is 1.28 bits per heavy atom. The minimum Gasteiger partial charge on any atom is -0.459 e. The summed E-state index contributed by atoms with van der Waals surface area (Å²) in [7, 11) is 0. The summed E-state index contributed by atoms with van der Waals surface area (Å²) in [6.07, 6.45) is 1.37. The van der Waals surface area contributed by atoms with E-state index in [0.717, 1.165) is 18.7 Å². The highest BCUT2D eigenvalue weighted by atomic mass is 16.6. The van der Waals surface area contributed by atoms with Gasteiger partial charge in [0.15, 0.2) is 5.76 Å². The van der Waals surface area contributed by atoms with E-state index in [1.54, 1.807) is 11.2 Å². The van der Waals surface area contributed by atoms with Gasteiger partial charge < -0.3 is 18.5 Å². The number of carbonyl (C=O) groups is 1. The summed E-state index contributed by atoms with van der Waals surface area (Å²) < 4.78 is 16.3. The Hall–Kier alpha value is -2.35. The molecule has 0 atom stereocenters. The van der Waals surface area contributed by atoms with E-state index in [9.17, 15) is 4.79 Å². The number of amides is 1. The lowest BCUT2D eigenvalue weighted by molar-refractivity contribution is 0.0658. The number of carbonyl (C=O) groups excluding carboxylic acids is 1. The van der Waals surface area contributed by atoms with Crippen LogP contribution in [0.15, 0.2) is 21.2 Å². The van der Waals surface area contributed by atoms with Crippen LogP contribution in [-0.2, 0) is 11.3 Å². The monoisotopic (exact) mass is 348 g/mol. The van der Waals surface area contributed by atoms with Crippen LogP contribution in [0.1, 0.15) is 25.3 Å². The number of ether oxygens (including phenoxy) is 1. The molecule has 8 nitrogen and oxygen atoms in total. The van der Waals surface area contributed by atoms with Crippen molar-refractivity contribution in [1.82, 2.24) is 20.0 Å². The zero-order valence-corrected chi connectivity index (χ0v) is 14.9. The summed E-state index contributed by atoms with van der Waals surface area (Å²) >= 11 is 0. The van der Waals surface area contributed by atoms with Crippen LogP contribution in [0.2, 0.25) is 0 Å². The highest BCUT2D eigenvalue weighted by Gasteiger charge is 2.24. The molecular formula is C17H24N4O4. The fourth-order valence-corrected chi connectivity index (χ4v) is 2.61. The SMILES string of the molecule is Cc1ccoc1-c1nnc(CN2CCN(C(=O)OCC(C)C)CC2)o1. The van der Waals surface area contributed by atoms with Gasteiger partial charge in [-0.1, -0.05) is 13.8 Å². The lowest BCUT2D eigenvalue weighted by Gasteiger charge is -2.33. The van der Waals surface area contributed by atoms with Crippen molar-refractivity contribution in [3.8, 4) is 11.7 Å². The van der Waals surface area contributed by atoms with Crippen molar-refractivity contribution in [2.45, 2.75) is 27.3 Å². The third kappa shape index (κ3) is 4.39. The molecule has 2 aromatic heterocycles. The standard InChI is InChI=1S/C17H24N4O4/c1-12(2)11-24-17(22)21-7-5-20(6-8-21)10-14-18-19-16(25-14)15-13(3)4-9-23-15/h4,9,12H,5-8,10-11H2,1-3H3. The molecule has 0 radical (unpaired) electrons. The van der Waals surface area contributed by atoms with E-state index in [4.69, 9.17) is 13.6 Å². The molecule has 136 valence electrons. The fraction of sp³-hybridized carbons (Fsp3) is 0.588. The zero-order chi connectivity index (χ0) is 17.8. The van der Waals surface area contributed by atoms with Crippen LogP contribution < -0.4 is 0 Å². The molecule has 0 bridgehead atoms. The van der Waals surface area contributed by atoms with E-state index in [-0.39, 0.29) is 6.09 Å². The van der Waals surface area contributed by atoms with Gasteiger partial charge in [-0.15, -0.1) is 10.2 Å². The Morgan fingerprint density at radius 2 is 2.04 bits per heavy atom. The molecule has 1 aliphatic rings. The maximum absolute atomic E-state index is 12.0. The van der Waals surface area contributed by atoms with E-state index >= 15 is 0 Å². The molecule has 0 saturated carbocycles. The quantitative estimate of drug-likeness (QED) is 0.821. The molecule has 3 heterocycles. The average Bonchev–Trinajstić information content (AvgIpc) is 3.22. The summed E-state index contributed by atoms with van der Waals surface area (Å²) in [4.78, 5) is 15.9. The molecule has 1 aliphatic heterocycles. The zero-order valence-electron chi connectivity index (χ0n) is 14.9. The normalized spacial score (nSPS) is 15.8. The van der Waals surface area contributed by atoms with Gasteiger partial charge in [0, 0.05) is 31.7 Å². The Morgan fingerprint density at radius 3 is 2.68 bits per heavy atom. The molecule has 0 spiro atoms. The van der Waals surface area contributed by atoms with Crippen LogP contribution in [0.5, 0.6) is 0 Å². The molecule has 1 amide bonds. The van der Waals surface area contributed by atoms with Crippen LogP contribution >= 0.6 is 0 Å². The average molecular weight is 348 g/mol. The van der Waals surface area contributed by atoms with E-state index in [0.29, 0.717) is 49.7 Å². The number of piperazine rings is 1. The number of hydrogen-bond acceptors (Lipinski definition) is 7.